The third-order valence-corrected chi connectivity index (χ3v) is 4.21. The van der Waals surface area contributed by atoms with E-state index in [9.17, 15) is 9.90 Å². The van der Waals surface area contributed by atoms with Gasteiger partial charge < -0.3 is 15.4 Å². The molecule has 0 saturated carbocycles. The highest BCUT2D eigenvalue weighted by atomic mass is 16.3. The van der Waals surface area contributed by atoms with Gasteiger partial charge in [0.25, 0.3) is 0 Å². The highest BCUT2D eigenvalue weighted by Gasteiger charge is 2.27. The van der Waals surface area contributed by atoms with E-state index in [2.05, 4.69) is 27.8 Å². The van der Waals surface area contributed by atoms with Crippen LogP contribution in [0.4, 0.5) is 0 Å². The molecule has 0 unspecified atom stereocenters. The van der Waals surface area contributed by atoms with Gasteiger partial charge in [-0.3, -0.25) is 10.1 Å². The summed E-state index contributed by atoms with van der Waals surface area (Å²) in [6, 6.07) is 7.78. The molecule has 1 aromatic carbocycles. The van der Waals surface area contributed by atoms with Gasteiger partial charge in [-0.2, -0.15) is 0 Å². The second kappa shape index (κ2) is 5.87. The van der Waals surface area contributed by atoms with Crippen LogP contribution < -0.4 is 10.6 Å². The fourth-order valence-corrected chi connectivity index (χ4v) is 2.91. The van der Waals surface area contributed by atoms with Gasteiger partial charge in [0.2, 0.25) is 5.91 Å². The average molecular weight is 287 g/mol. The lowest BCUT2D eigenvalue weighted by molar-refractivity contribution is -0.124. The number of aromatic nitrogens is 1. The second-order valence-corrected chi connectivity index (χ2v) is 5.56. The van der Waals surface area contributed by atoms with Crippen LogP contribution in [-0.2, 0) is 17.8 Å². The Bertz CT molecular complexity index is 646. The third-order valence-electron chi connectivity index (χ3n) is 4.21. The van der Waals surface area contributed by atoms with Crippen LogP contribution in [-0.4, -0.2) is 34.7 Å². The normalized spacial score (nSPS) is 19.2. The number of aromatic amines is 1. The molecule has 0 fully saturated rings. The molecule has 5 nitrogen and oxygen atoms in total. The molecule has 1 amide bonds. The van der Waals surface area contributed by atoms with Crippen molar-refractivity contribution < 1.29 is 9.90 Å². The molecule has 0 saturated heterocycles. The number of benzene rings is 1. The lowest BCUT2D eigenvalue weighted by Gasteiger charge is -2.25. The van der Waals surface area contributed by atoms with Crippen LogP contribution in [0.15, 0.2) is 24.3 Å². The number of carbonyl (C=O) groups excluding carboxylic acids is 1. The average Bonchev–Trinajstić information content (AvgIpc) is 2.90. The molecule has 1 aliphatic rings. The van der Waals surface area contributed by atoms with E-state index in [0.29, 0.717) is 13.0 Å². The number of fused-ring (bicyclic) bond motifs is 3. The number of rotatable bonds is 4. The first-order valence-corrected chi connectivity index (χ1v) is 7.46. The zero-order chi connectivity index (χ0) is 14.8. The molecule has 0 aliphatic carbocycles. The second-order valence-electron chi connectivity index (χ2n) is 5.56. The van der Waals surface area contributed by atoms with Crippen LogP contribution in [0.3, 0.4) is 0 Å². The fourth-order valence-electron chi connectivity index (χ4n) is 2.91. The Balaban J connectivity index is 1.79. The summed E-state index contributed by atoms with van der Waals surface area (Å²) in [4.78, 5) is 15.7. The predicted octanol–water partition coefficient (Wildman–Crippen LogP) is 1.07. The van der Waals surface area contributed by atoms with Crippen LogP contribution in [0.1, 0.15) is 24.6 Å². The minimum Gasteiger partial charge on any atom is -0.394 e. The summed E-state index contributed by atoms with van der Waals surface area (Å²) < 4.78 is 0. The first-order chi connectivity index (χ1) is 10.2. The van der Waals surface area contributed by atoms with E-state index in [-0.39, 0.29) is 24.6 Å². The topological polar surface area (TPSA) is 77.2 Å². The Morgan fingerprint density at radius 3 is 3.05 bits per heavy atom. The van der Waals surface area contributed by atoms with Crippen molar-refractivity contribution in [2.75, 3.05) is 6.61 Å². The number of carbonyl (C=O) groups is 1. The van der Waals surface area contributed by atoms with Crippen molar-refractivity contribution in [3.8, 4) is 0 Å². The summed E-state index contributed by atoms with van der Waals surface area (Å²) >= 11 is 0. The minimum atomic E-state index is -0.239. The maximum absolute atomic E-state index is 12.3. The molecular formula is C16H21N3O2. The number of hydrogen-bond acceptors (Lipinski definition) is 3. The molecule has 0 spiro atoms. The zero-order valence-electron chi connectivity index (χ0n) is 12.1. The van der Waals surface area contributed by atoms with Gasteiger partial charge in [0, 0.05) is 23.1 Å². The maximum Gasteiger partial charge on any atom is 0.237 e. The third kappa shape index (κ3) is 2.66. The molecule has 2 heterocycles. The Labute approximate surface area is 123 Å². The van der Waals surface area contributed by atoms with Crippen molar-refractivity contribution >= 4 is 16.8 Å². The first-order valence-electron chi connectivity index (χ1n) is 7.46. The summed E-state index contributed by atoms with van der Waals surface area (Å²) in [6.45, 7) is 2.60. The van der Waals surface area contributed by atoms with Crippen molar-refractivity contribution in [2.24, 2.45) is 0 Å². The fraction of sp³-hybridized carbons (Fsp3) is 0.438. The Hall–Kier alpha value is -1.85. The molecule has 2 atom stereocenters. The zero-order valence-corrected chi connectivity index (χ0v) is 12.1. The standard InChI is InChI=1S/C16H21N3O2/c1-2-10(9-20)18-16(21)14-7-12-11-5-3-4-6-13(11)19-15(12)8-17-14/h3-6,10,14,17,19-20H,2,7-9H2,1H3,(H,18,21)/t10-,14-/m1/s1. The van der Waals surface area contributed by atoms with Gasteiger partial charge in [0.05, 0.1) is 18.7 Å². The number of nitrogens with one attached hydrogen (secondary N) is 3. The van der Waals surface area contributed by atoms with E-state index in [4.69, 9.17) is 0 Å². The number of amides is 1. The predicted molar refractivity (Wildman–Crippen MR) is 81.9 cm³/mol. The summed E-state index contributed by atoms with van der Waals surface area (Å²) in [5.41, 5.74) is 3.50. The lowest BCUT2D eigenvalue weighted by atomic mass is 9.98. The van der Waals surface area contributed by atoms with Crippen LogP contribution in [0.2, 0.25) is 0 Å². The van der Waals surface area contributed by atoms with E-state index in [1.54, 1.807) is 0 Å². The largest absolute Gasteiger partial charge is 0.394 e. The summed E-state index contributed by atoms with van der Waals surface area (Å²) in [5, 5.41) is 16.6. The first kappa shape index (κ1) is 14.1. The van der Waals surface area contributed by atoms with Gasteiger partial charge in [-0.25, -0.2) is 0 Å². The van der Waals surface area contributed by atoms with Crippen LogP contribution >= 0.6 is 0 Å². The van der Waals surface area contributed by atoms with Gasteiger partial charge in [-0.05, 0) is 24.5 Å². The van der Waals surface area contributed by atoms with E-state index < -0.39 is 0 Å². The van der Waals surface area contributed by atoms with Gasteiger partial charge in [-0.15, -0.1) is 0 Å². The minimum absolute atomic E-state index is 0.0205. The Morgan fingerprint density at radius 1 is 1.48 bits per heavy atom. The van der Waals surface area contributed by atoms with Crippen molar-refractivity contribution in [3.05, 3.63) is 35.5 Å². The molecule has 4 N–H and O–H groups in total. The molecule has 1 aromatic heterocycles. The van der Waals surface area contributed by atoms with Gasteiger partial charge in [0.15, 0.2) is 0 Å². The van der Waals surface area contributed by atoms with E-state index in [1.807, 2.05) is 19.1 Å². The van der Waals surface area contributed by atoms with E-state index in [0.717, 1.165) is 17.6 Å². The number of H-pyrrole nitrogens is 1. The van der Waals surface area contributed by atoms with Gasteiger partial charge in [0.1, 0.15) is 0 Å². The lowest BCUT2D eigenvalue weighted by Crippen LogP contribution is -2.51. The molecular weight excluding hydrogens is 266 g/mol. The molecule has 1 aliphatic heterocycles. The number of aliphatic hydroxyl groups excluding tert-OH is 1. The Kier molecular flexibility index (Phi) is 3.94. The number of para-hydroxylation sites is 1. The number of aliphatic hydroxyl groups is 1. The van der Waals surface area contributed by atoms with Gasteiger partial charge >= 0.3 is 0 Å². The van der Waals surface area contributed by atoms with E-state index >= 15 is 0 Å². The van der Waals surface area contributed by atoms with Crippen molar-refractivity contribution in [1.82, 2.24) is 15.6 Å². The molecule has 0 bridgehead atoms. The van der Waals surface area contributed by atoms with Crippen molar-refractivity contribution in [1.29, 1.82) is 0 Å². The molecule has 0 radical (unpaired) electrons. The highest BCUT2D eigenvalue weighted by Crippen LogP contribution is 2.26. The number of hydrogen-bond donors (Lipinski definition) is 4. The molecule has 112 valence electrons. The smallest absolute Gasteiger partial charge is 0.237 e. The van der Waals surface area contributed by atoms with E-state index in [1.165, 1.54) is 10.9 Å². The summed E-state index contributed by atoms with van der Waals surface area (Å²) in [6.07, 6.45) is 1.40. The Morgan fingerprint density at radius 2 is 2.29 bits per heavy atom. The molecule has 2 aromatic rings. The van der Waals surface area contributed by atoms with Crippen LogP contribution in [0.5, 0.6) is 0 Å². The SMILES string of the molecule is CC[C@H](CO)NC(=O)[C@H]1Cc2c([nH]c3ccccc23)CN1. The summed E-state index contributed by atoms with van der Waals surface area (Å²) in [7, 11) is 0. The highest BCUT2D eigenvalue weighted by molar-refractivity contribution is 5.88. The molecule has 21 heavy (non-hydrogen) atoms. The van der Waals surface area contributed by atoms with Crippen LogP contribution in [0.25, 0.3) is 10.9 Å². The maximum atomic E-state index is 12.3. The monoisotopic (exact) mass is 287 g/mol. The van der Waals surface area contributed by atoms with Gasteiger partial charge in [-0.1, -0.05) is 25.1 Å². The van der Waals surface area contributed by atoms with Crippen molar-refractivity contribution in [2.45, 2.75) is 38.4 Å². The quantitative estimate of drug-likeness (QED) is 0.679. The van der Waals surface area contributed by atoms with Crippen molar-refractivity contribution in [3.63, 3.8) is 0 Å². The molecule has 5 heteroatoms. The summed E-state index contributed by atoms with van der Waals surface area (Å²) in [5.74, 6) is -0.0353. The molecule has 3 rings (SSSR count). The van der Waals surface area contributed by atoms with Crippen LogP contribution in [0, 0.1) is 0 Å².